The van der Waals surface area contributed by atoms with Crippen LogP contribution in [-0.4, -0.2) is 42.4 Å². The molecular formula is C14H16F3NO5. The molecule has 1 amide bonds. The van der Waals surface area contributed by atoms with Crippen LogP contribution in [0.2, 0.25) is 0 Å². The topological polar surface area (TPSA) is 84.9 Å². The summed E-state index contributed by atoms with van der Waals surface area (Å²) in [7, 11) is 1.47. The second-order valence-electron chi connectivity index (χ2n) is 4.65. The first-order valence-electron chi connectivity index (χ1n) is 6.53. The molecule has 0 radical (unpaired) electrons. The molecule has 1 aromatic rings. The Morgan fingerprint density at radius 3 is 2.17 bits per heavy atom. The van der Waals surface area contributed by atoms with Crippen molar-refractivity contribution in [2.75, 3.05) is 7.11 Å². The summed E-state index contributed by atoms with van der Waals surface area (Å²) in [5.41, 5.74) is 0. The van der Waals surface area contributed by atoms with Crippen LogP contribution >= 0.6 is 0 Å². The Morgan fingerprint density at radius 2 is 1.74 bits per heavy atom. The summed E-state index contributed by atoms with van der Waals surface area (Å²) >= 11 is 0. The first kappa shape index (κ1) is 18.6. The molecule has 6 nitrogen and oxygen atoms in total. The smallest absolute Gasteiger partial charge is 0.391 e. The van der Waals surface area contributed by atoms with Gasteiger partial charge in [0.1, 0.15) is 17.5 Å². The lowest BCUT2D eigenvalue weighted by Crippen LogP contribution is -2.48. The summed E-state index contributed by atoms with van der Waals surface area (Å²) in [6.45, 7) is 1.30. The fraction of sp³-hybridized carbons (Fsp3) is 0.429. The van der Waals surface area contributed by atoms with Crippen molar-refractivity contribution in [1.29, 1.82) is 0 Å². The number of halogens is 3. The summed E-state index contributed by atoms with van der Waals surface area (Å²) in [5, 5.41) is 10.6. The van der Waals surface area contributed by atoms with E-state index in [1.54, 1.807) is 12.1 Å². The lowest BCUT2D eigenvalue weighted by Gasteiger charge is -2.19. The molecule has 0 heterocycles. The highest BCUT2D eigenvalue weighted by Gasteiger charge is 2.37. The molecule has 0 aromatic heterocycles. The third-order valence-corrected chi connectivity index (χ3v) is 2.79. The van der Waals surface area contributed by atoms with Crippen LogP contribution in [0.4, 0.5) is 13.2 Å². The average Bonchev–Trinajstić information content (AvgIpc) is 2.45. The number of methoxy groups -OCH3 is 1. The fourth-order valence-corrected chi connectivity index (χ4v) is 1.63. The van der Waals surface area contributed by atoms with Crippen LogP contribution in [0.25, 0.3) is 0 Å². The number of rotatable bonds is 7. The van der Waals surface area contributed by atoms with Gasteiger partial charge in [0.15, 0.2) is 6.10 Å². The predicted molar refractivity (Wildman–Crippen MR) is 73.3 cm³/mol. The van der Waals surface area contributed by atoms with Crippen molar-refractivity contribution in [2.24, 2.45) is 0 Å². The summed E-state index contributed by atoms with van der Waals surface area (Å²) in [5.74, 6) is -1.88. The van der Waals surface area contributed by atoms with Crippen LogP contribution in [0.3, 0.4) is 0 Å². The van der Waals surface area contributed by atoms with Crippen LogP contribution in [-0.2, 0) is 9.59 Å². The maximum absolute atomic E-state index is 12.3. The number of hydrogen-bond acceptors (Lipinski definition) is 4. The van der Waals surface area contributed by atoms with Crippen molar-refractivity contribution in [2.45, 2.75) is 31.7 Å². The number of alkyl halides is 3. The number of aliphatic carboxylic acids is 1. The number of benzene rings is 1. The highest BCUT2D eigenvalue weighted by molar-refractivity contribution is 5.86. The van der Waals surface area contributed by atoms with Gasteiger partial charge < -0.3 is 19.9 Å². The maximum atomic E-state index is 12.3. The van der Waals surface area contributed by atoms with Crippen LogP contribution in [0, 0.1) is 0 Å². The van der Waals surface area contributed by atoms with E-state index in [2.05, 4.69) is 0 Å². The van der Waals surface area contributed by atoms with Crippen LogP contribution in [0.15, 0.2) is 24.3 Å². The van der Waals surface area contributed by atoms with E-state index >= 15 is 0 Å². The summed E-state index contributed by atoms with van der Waals surface area (Å²) < 4.78 is 47.0. The Labute approximate surface area is 130 Å². The van der Waals surface area contributed by atoms with Crippen molar-refractivity contribution in [3.8, 4) is 11.5 Å². The standard InChI is InChI=1S/C14H16F3NO5/c1-8(23-10-5-3-9(22-2)4-6-10)12(19)18-11(13(20)21)7-14(15,16)17/h3-6,8,11H,7H2,1-2H3,(H,18,19)(H,20,21). The maximum Gasteiger partial charge on any atom is 0.391 e. The SMILES string of the molecule is COc1ccc(OC(C)C(=O)NC(CC(F)(F)F)C(=O)O)cc1. The molecule has 0 aliphatic heterocycles. The fourth-order valence-electron chi connectivity index (χ4n) is 1.63. The van der Waals surface area contributed by atoms with Crippen LogP contribution in [0.5, 0.6) is 11.5 Å². The predicted octanol–water partition coefficient (Wildman–Crippen LogP) is 1.98. The number of carboxylic acids is 1. The molecule has 0 saturated heterocycles. The van der Waals surface area contributed by atoms with E-state index in [4.69, 9.17) is 14.6 Å². The Kier molecular flexibility index (Phi) is 6.23. The van der Waals surface area contributed by atoms with Gasteiger partial charge in [-0.3, -0.25) is 4.79 Å². The monoisotopic (exact) mass is 335 g/mol. The minimum Gasteiger partial charge on any atom is -0.497 e. The minimum absolute atomic E-state index is 0.288. The molecule has 0 bridgehead atoms. The molecular weight excluding hydrogens is 319 g/mol. The van der Waals surface area contributed by atoms with Crippen molar-refractivity contribution in [3.63, 3.8) is 0 Å². The highest BCUT2D eigenvalue weighted by atomic mass is 19.4. The van der Waals surface area contributed by atoms with Gasteiger partial charge in [-0.05, 0) is 31.2 Å². The summed E-state index contributed by atoms with van der Waals surface area (Å²) in [4.78, 5) is 22.6. The second-order valence-corrected chi connectivity index (χ2v) is 4.65. The normalized spacial score (nSPS) is 13.8. The molecule has 9 heteroatoms. The van der Waals surface area contributed by atoms with Gasteiger partial charge in [-0.25, -0.2) is 4.79 Å². The van der Waals surface area contributed by atoms with Gasteiger partial charge in [-0.2, -0.15) is 13.2 Å². The zero-order valence-electron chi connectivity index (χ0n) is 12.4. The van der Waals surface area contributed by atoms with E-state index in [0.717, 1.165) is 0 Å². The van der Waals surface area contributed by atoms with Crippen LogP contribution < -0.4 is 14.8 Å². The van der Waals surface area contributed by atoms with E-state index in [1.807, 2.05) is 5.32 Å². The molecule has 1 rings (SSSR count). The van der Waals surface area contributed by atoms with Crippen molar-refractivity contribution in [3.05, 3.63) is 24.3 Å². The van der Waals surface area contributed by atoms with Gasteiger partial charge in [0.25, 0.3) is 5.91 Å². The molecule has 0 aliphatic rings. The average molecular weight is 335 g/mol. The van der Waals surface area contributed by atoms with E-state index in [-0.39, 0.29) is 5.75 Å². The number of ether oxygens (including phenoxy) is 2. The molecule has 23 heavy (non-hydrogen) atoms. The number of hydrogen-bond donors (Lipinski definition) is 2. The zero-order valence-corrected chi connectivity index (χ0v) is 12.4. The van der Waals surface area contributed by atoms with Gasteiger partial charge in [0.2, 0.25) is 0 Å². The molecule has 0 aliphatic carbocycles. The Morgan fingerprint density at radius 1 is 1.22 bits per heavy atom. The number of nitrogens with one attached hydrogen (secondary N) is 1. The Hall–Kier alpha value is -2.45. The van der Waals surface area contributed by atoms with Crippen molar-refractivity contribution < 1.29 is 37.3 Å². The van der Waals surface area contributed by atoms with Gasteiger partial charge in [0.05, 0.1) is 13.5 Å². The van der Waals surface area contributed by atoms with E-state index in [1.165, 1.54) is 26.2 Å². The lowest BCUT2D eigenvalue weighted by atomic mass is 10.2. The van der Waals surface area contributed by atoms with Gasteiger partial charge in [0, 0.05) is 0 Å². The van der Waals surface area contributed by atoms with Gasteiger partial charge in [-0.1, -0.05) is 0 Å². The molecule has 128 valence electrons. The molecule has 2 atom stereocenters. The molecule has 0 saturated carbocycles. The Bertz CT molecular complexity index is 544. The lowest BCUT2D eigenvalue weighted by molar-refractivity contribution is -0.160. The van der Waals surface area contributed by atoms with E-state index < -0.39 is 36.6 Å². The van der Waals surface area contributed by atoms with Gasteiger partial charge >= 0.3 is 12.1 Å². The third-order valence-electron chi connectivity index (χ3n) is 2.79. The van der Waals surface area contributed by atoms with Crippen molar-refractivity contribution in [1.82, 2.24) is 5.32 Å². The number of carbonyl (C=O) groups excluding carboxylic acids is 1. The van der Waals surface area contributed by atoms with Crippen molar-refractivity contribution >= 4 is 11.9 Å². The third kappa shape index (κ3) is 6.45. The first-order valence-corrected chi connectivity index (χ1v) is 6.53. The molecule has 2 N–H and O–H groups in total. The van der Waals surface area contributed by atoms with Crippen LogP contribution in [0.1, 0.15) is 13.3 Å². The molecule has 1 aromatic carbocycles. The quantitative estimate of drug-likeness (QED) is 0.796. The van der Waals surface area contributed by atoms with Gasteiger partial charge in [-0.15, -0.1) is 0 Å². The molecule has 2 unspecified atom stereocenters. The first-order chi connectivity index (χ1) is 10.6. The zero-order chi connectivity index (χ0) is 17.6. The molecule has 0 fully saturated rings. The minimum atomic E-state index is -4.71. The largest absolute Gasteiger partial charge is 0.497 e. The second kappa shape index (κ2) is 7.70. The number of carboxylic acid groups (broad SMARTS) is 1. The summed E-state index contributed by atoms with van der Waals surface area (Å²) in [6.07, 6.45) is -7.54. The summed E-state index contributed by atoms with van der Waals surface area (Å²) in [6, 6.07) is 4.09. The van der Waals surface area contributed by atoms with E-state index in [0.29, 0.717) is 5.75 Å². The molecule has 0 spiro atoms. The number of amides is 1. The number of carbonyl (C=O) groups is 2. The highest BCUT2D eigenvalue weighted by Crippen LogP contribution is 2.22. The van der Waals surface area contributed by atoms with E-state index in [9.17, 15) is 22.8 Å². The Balaban J connectivity index is 2.65.